The number of halogens is 2. The molecule has 3 nitrogen and oxygen atoms in total. The first-order valence-electron chi connectivity index (χ1n) is 7.09. The zero-order valence-electron chi connectivity index (χ0n) is 11.7. The molecule has 0 aliphatic carbocycles. The Kier molecular flexibility index (Phi) is 5.06. The maximum atomic E-state index is 13.7. The third-order valence-corrected chi connectivity index (χ3v) is 3.68. The minimum absolute atomic E-state index is 0.0657. The third-order valence-electron chi connectivity index (χ3n) is 3.68. The van der Waals surface area contributed by atoms with Crippen LogP contribution in [0.4, 0.5) is 8.78 Å². The first-order chi connectivity index (χ1) is 9.61. The molecule has 1 aliphatic heterocycles. The van der Waals surface area contributed by atoms with E-state index in [9.17, 15) is 13.6 Å². The van der Waals surface area contributed by atoms with Crippen LogP contribution >= 0.6 is 0 Å². The van der Waals surface area contributed by atoms with Crippen molar-refractivity contribution in [2.24, 2.45) is 0 Å². The Labute approximate surface area is 118 Å². The Morgan fingerprint density at radius 2 is 2.20 bits per heavy atom. The van der Waals surface area contributed by atoms with E-state index in [4.69, 9.17) is 0 Å². The van der Waals surface area contributed by atoms with Crippen LogP contribution in [0.15, 0.2) is 18.2 Å². The molecule has 1 atom stereocenters. The predicted octanol–water partition coefficient (Wildman–Crippen LogP) is 2.57. The third kappa shape index (κ3) is 3.54. The van der Waals surface area contributed by atoms with Crippen molar-refractivity contribution in [2.45, 2.75) is 32.2 Å². The number of nitrogens with one attached hydrogen (secondary N) is 1. The quantitative estimate of drug-likeness (QED) is 0.920. The Morgan fingerprint density at radius 1 is 1.40 bits per heavy atom. The van der Waals surface area contributed by atoms with E-state index in [0.717, 1.165) is 37.9 Å². The lowest BCUT2D eigenvalue weighted by Gasteiger charge is -2.30. The molecular weight excluding hydrogens is 262 g/mol. The number of rotatable bonds is 4. The van der Waals surface area contributed by atoms with E-state index in [-0.39, 0.29) is 17.5 Å². The van der Waals surface area contributed by atoms with E-state index in [1.165, 1.54) is 6.07 Å². The average molecular weight is 282 g/mol. The predicted molar refractivity (Wildman–Crippen MR) is 73.6 cm³/mol. The van der Waals surface area contributed by atoms with Gasteiger partial charge in [0.05, 0.1) is 5.56 Å². The molecular formula is C15H20F2N2O. The second-order valence-electron chi connectivity index (χ2n) is 5.11. The fraction of sp³-hybridized carbons (Fsp3) is 0.533. The second-order valence-corrected chi connectivity index (χ2v) is 5.11. The van der Waals surface area contributed by atoms with Crippen molar-refractivity contribution in [3.8, 4) is 0 Å². The summed E-state index contributed by atoms with van der Waals surface area (Å²) in [7, 11) is 0. The molecule has 0 bridgehead atoms. The van der Waals surface area contributed by atoms with Gasteiger partial charge in [0.25, 0.3) is 5.91 Å². The van der Waals surface area contributed by atoms with Gasteiger partial charge in [0.1, 0.15) is 11.6 Å². The minimum Gasteiger partial charge on any atom is -0.337 e. The van der Waals surface area contributed by atoms with Crippen LogP contribution in [0, 0.1) is 11.6 Å². The van der Waals surface area contributed by atoms with E-state index in [2.05, 4.69) is 5.32 Å². The standard InChI is InChI=1S/C15H20F2N2O/c1-2-19(10-12-5-3-4-8-18-12)15(20)13-7-6-11(16)9-14(13)17/h6-7,9,12,18H,2-5,8,10H2,1H3. The Morgan fingerprint density at radius 3 is 2.80 bits per heavy atom. The van der Waals surface area contributed by atoms with Crippen LogP contribution in [0.25, 0.3) is 0 Å². The molecule has 1 saturated heterocycles. The van der Waals surface area contributed by atoms with Gasteiger partial charge >= 0.3 is 0 Å². The smallest absolute Gasteiger partial charge is 0.256 e. The summed E-state index contributed by atoms with van der Waals surface area (Å²) in [5.74, 6) is -1.85. The van der Waals surface area contributed by atoms with Crippen molar-refractivity contribution in [1.29, 1.82) is 0 Å². The lowest BCUT2D eigenvalue weighted by molar-refractivity contribution is 0.0736. The molecule has 0 aromatic heterocycles. The molecule has 0 spiro atoms. The maximum Gasteiger partial charge on any atom is 0.256 e. The fourth-order valence-corrected chi connectivity index (χ4v) is 2.53. The van der Waals surface area contributed by atoms with Gasteiger partial charge in [-0.15, -0.1) is 0 Å². The highest BCUT2D eigenvalue weighted by Crippen LogP contribution is 2.14. The number of amides is 1. The maximum absolute atomic E-state index is 13.7. The van der Waals surface area contributed by atoms with Gasteiger partial charge in [-0.1, -0.05) is 6.42 Å². The van der Waals surface area contributed by atoms with Crippen LogP contribution in [0.3, 0.4) is 0 Å². The molecule has 1 aliphatic rings. The van der Waals surface area contributed by atoms with Crippen molar-refractivity contribution in [3.63, 3.8) is 0 Å². The number of carbonyl (C=O) groups is 1. The Balaban J connectivity index is 2.07. The van der Waals surface area contributed by atoms with Crippen molar-refractivity contribution in [1.82, 2.24) is 10.2 Å². The van der Waals surface area contributed by atoms with Crippen LogP contribution < -0.4 is 5.32 Å². The number of piperidine rings is 1. The van der Waals surface area contributed by atoms with E-state index in [1.54, 1.807) is 4.90 Å². The molecule has 2 rings (SSSR count). The summed E-state index contributed by atoms with van der Waals surface area (Å²) in [6.45, 7) is 3.89. The van der Waals surface area contributed by atoms with Crippen LogP contribution in [0.5, 0.6) is 0 Å². The molecule has 0 saturated carbocycles. The van der Waals surface area contributed by atoms with Crippen molar-refractivity contribution in [2.75, 3.05) is 19.6 Å². The van der Waals surface area contributed by atoms with Gasteiger partial charge in [0.15, 0.2) is 0 Å². The normalized spacial score (nSPS) is 18.9. The summed E-state index contributed by atoms with van der Waals surface area (Å²) >= 11 is 0. The van der Waals surface area contributed by atoms with Gasteiger partial charge in [-0.3, -0.25) is 4.79 Å². The van der Waals surface area contributed by atoms with E-state index in [0.29, 0.717) is 13.1 Å². The lowest BCUT2D eigenvalue weighted by atomic mass is 10.0. The first-order valence-corrected chi connectivity index (χ1v) is 7.09. The summed E-state index contributed by atoms with van der Waals surface area (Å²) in [6.07, 6.45) is 3.33. The second kappa shape index (κ2) is 6.79. The number of carbonyl (C=O) groups excluding carboxylic acids is 1. The minimum atomic E-state index is -0.801. The monoisotopic (exact) mass is 282 g/mol. The van der Waals surface area contributed by atoms with E-state index in [1.807, 2.05) is 6.92 Å². The fourth-order valence-electron chi connectivity index (χ4n) is 2.53. The Hall–Kier alpha value is -1.49. The lowest BCUT2D eigenvalue weighted by Crippen LogP contribution is -2.45. The van der Waals surface area contributed by atoms with E-state index >= 15 is 0 Å². The first kappa shape index (κ1) is 14.9. The van der Waals surface area contributed by atoms with Gasteiger partial charge in [-0.25, -0.2) is 8.78 Å². The summed E-state index contributed by atoms with van der Waals surface area (Å²) in [4.78, 5) is 13.9. The highest BCUT2D eigenvalue weighted by Gasteiger charge is 2.22. The largest absolute Gasteiger partial charge is 0.337 e. The molecule has 1 fully saturated rings. The van der Waals surface area contributed by atoms with Crippen LogP contribution in [-0.4, -0.2) is 36.5 Å². The van der Waals surface area contributed by atoms with Gasteiger partial charge in [-0.2, -0.15) is 0 Å². The van der Waals surface area contributed by atoms with Crippen molar-refractivity contribution < 1.29 is 13.6 Å². The summed E-state index contributed by atoms with van der Waals surface area (Å²) < 4.78 is 26.6. The molecule has 1 aromatic carbocycles. The number of hydrogen-bond donors (Lipinski definition) is 1. The van der Waals surface area contributed by atoms with Gasteiger partial charge < -0.3 is 10.2 Å². The van der Waals surface area contributed by atoms with Crippen molar-refractivity contribution >= 4 is 5.91 Å². The average Bonchev–Trinajstić information content (AvgIpc) is 2.45. The molecule has 5 heteroatoms. The number of nitrogens with zero attached hydrogens (tertiary/aromatic N) is 1. The molecule has 1 N–H and O–H groups in total. The summed E-state index contributed by atoms with van der Waals surface area (Å²) in [6, 6.07) is 3.34. The molecule has 1 aromatic rings. The summed E-state index contributed by atoms with van der Waals surface area (Å²) in [5.41, 5.74) is -0.0657. The molecule has 1 unspecified atom stereocenters. The molecule has 0 radical (unpaired) electrons. The van der Waals surface area contributed by atoms with Crippen LogP contribution in [-0.2, 0) is 0 Å². The number of likely N-dealkylation sites (N-methyl/N-ethyl adjacent to an activating group) is 1. The highest BCUT2D eigenvalue weighted by atomic mass is 19.1. The van der Waals surface area contributed by atoms with Gasteiger partial charge in [0.2, 0.25) is 0 Å². The van der Waals surface area contributed by atoms with E-state index < -0.39 is 11.6 Å². The topological polar surface area (TPSA) is 32.3 Å². The van der Waals surface area contributed by atoms with Gasteiger partial charge in [-0.05, 0) is 38.4 Å². The van der Waals surface area contributed by atoms with Gasteiger partial charge in [0, 0.05) is 25.2 Å². The van der Waals surface area contributed by atoms with Crippen LogP contribution in [0.2, 0.25) is 0 Å². The van der Waals surface area contributed by atoms with Crippen molar-refractivity contribution in [3.05, 3.63) is 35.4 Å². The Bertz CT molecular complexity index is 473. The zero-order chi connectivity index (χ0) is 14.5. The molecule has 1 heterocycles. The molecule has 110 valence electrons. The zero-order valence-corrected chi connectivity index (χ0v) is 11.7. The number of benzene rings is 1. The molecule has 1 amide bonds. The van der Waals surface area contributed by atoms with Crippen LogP contribution in [0.1, 0.15) is 36.5 Å². The number of hydrogen-bond acceptors (Lipinski definition) is 2. The summed E-state index contributed by atoms with van der Waals surface area (Å²) in [5, 5.41) is 3.37. The SMILES string of the molecule is CCN(CC1CCCCN1)C(=O)c1ccc(F)cc1F. The molecule has 20 heavy (non-hydrogen) atoms. The highest BCUT2D eigenvalue weighted by molar-refractivity contribution is 5.94.